The van der Waals surface area contributed by atoms with E-state index in [1.54, 1.807) is 0 Å². The Balaban J connectivity index is 2.04. The Morgan fingerprint density at radius 2 is 2.50 bits per heavy atom. The average Bonchev–Trinajstić information content (AvgIpc) is 2.68. The van der Waals surface area contributed by atoms with Crippen LogP contribution in [0.5, 0.6) is 0 Å². The van der Waals surface area contributed by atoms with Crippen molar-refractivity contribution >= 4 is 0 Å². The number of ether oxygens (including phenoxy) is 1. The van der Waals surface area contributed by atoms with Crippen LogP contribution in [0, 0.1) is 11.3 Å². The number of rotatable bonds is 2. The molecule has 1 fully saturated rings. The van der Waals surface area contributed by atoms with Gasteiger partial charge in [-0.25, -0.2) is 0 Å². The molecule has 14 heavy (non-hydrogen) atoms. The summed E-state index contributed by atoms with van der Waals surface area (Å²) < 4.78 is 10.2. The van der Waals surface area contributed by atoms with Crippen molar-refractivity contribution in [2.75, 3.05) is 13.2 Å². The predicted molar refractivity (Wildman–Crippen MR) is 46.4 cm³/mol. The number of nitriles is 1. The Morgan fingerprint density at radius 1 is 1.57 bits per heavy atom. The first kappa shape index (κ1) is 9.16. The molecule has 1 saturated heterocycles. The van der Waals surface area contributed by atoms with E-state index >= 15 is 0 Å². The molecule has 0 aromatic carbocycles. The summed E-state index contributed by atoms with van der Waals surface area (Å²) in [6.07, 6.45) is 2.25. The molecule has 5 heteroatoms. The molecule has 1 atom stereocenters. The third-order valence-electron chi connectivity index (χ3n) is 2.24. The number of hydrogen-bond acceptors (Lipinski definition) is 5. The third kappa shape index (κ3) is 1.91. The van der Waals surface area contributed by atoms with Crippen molar-refractivity contribution < 1.29 is 9.26 Å². The molecule has 2 rings (SSSR count). The number of aromatic nitrogens is 2. The lowest BCUT2D eigenvalue weighted by Gasteiger charge is -2.18. The van der Waals surface area contributed by atoms with Gasteiger partial charge in [-0.1, -0.05) is 5.16 Å². The van der Waals surface area contributed by atoms with Gasteiger partial charge >= 0.3 is 0 Å². The number of nitrogens with zero attached hydrogens (tertiary/aromatic N) is 3. The summed E-state index contributed by atoms with van der Waals surface area (Å²) in [4.78, 5) is 4.14. The second kappa shape index (κ2) is 4.20. The first-order valence-corrected chi connectivity index (χ1v) is 4.67. The van der Waals surface area contributed by atoms with Crippen LogP contribution in [0.15, 0.2) is 4.52 Å². The molecule has 5 nitrogen and oxygen atoms in total. The van der Waals surface area contributed by atoms with E-state index in [-0.39, 0.29) is 12.3 Å². The summed E-state index contributed by atoms with van der Waals surface area (Å²) in [5, 5.41) is 12.3. The van der Waals surface area contributed by atoms with Gasteiger partial charge < -0.3 is 9.26 Å². The average molecular weight is 193 g/mol. The summed E-state index contributed by atoms with van der Waals surface area (Å²) >= 11 is 0. The first-order valence-electron chi connectivity index (χ1n) is 4.67. The third-order valence-corrected chi connectivity index (χ3v) is 2.24. The minimum Gasteiger partial charge on any atom is -0.381 e. The molecule has 0 N–H and O–H groups in total. The molecule has 1 aromatic rings. The molecule has 1 aliphatic rings. The molecule has 0 saturated carbocycles. The zero-order valence-corrected chi connectivity index (χ0v) is 7.77. The largest absolute Gasteiger partial charge is 0.381 e. The van der Waals surface area contributed by atoms with Crippen LogP contribution < -0.4 is 0 Å². The van der Waals surface area contributed by atoms with Crippen LogP contribution in [0.25, 0.3) is 0 Å². The summed E-state index contributed by atoms with van der Waals surface area (Å²) in [6, 6.07) is 1.97. The van der Waals surface area contributed by atoms with E-state index < -0.39 is 0 Å². The Bertz CT molecular complexity index is 336. The molecule has 0 radical (unpaired) electrons. The number of hydrogen-bond donors (Lipinski definition) is 0. The van der Waals surface area contributed by atoms with E-state index in [1.807, 2.05) is 6.07 Å². The standard InChI is InChI=1S/C9H11N3O2/c10-4-3-8-11-9(12-14-8)7-2-1-5-13-6-7/h7H,1-3,5-6H2. The van der Waals surface area contributed by atoms with Gasteiger partial charge in [0.15, 0.2) is 5.82 Å². The van der Waals surface area contributed by atoms with Gasteiger partial charge in [0.25, 0.3) is 0 Å². The molecule has 1 unspecified atom stereocenters. The topological polar surface area (TPSA) is 71.9 Å². The van der Waals surface area contributed by atoms with Crippen molar-refractivity contribution in [2.45, 2.75) is 25.2 Å². The molecule has 2 heterocycles. The van der Waals surface area contributed by atoms with E-state index in [1.165, 1.54) is 0 Å². The summed E-state index contributed by atoms with van der Waals surface area (Å²) in [5.41, 5.74) is 0. The Morgan fingerprint density at radius 3 is 3.21 bits per heavy atom. The highest BCUT2D eigenvalue weighted by Crippen LogP contribution is 2.22. The highest BCUT2D eigenvalue weighted by molar-refractivity contribution is 4.99. The van der Waals surface area contributed by atoms with Gasteiger partial charge in [0.1, 0.15) is 6.42 Å². The van der Waals surface area contributed by atoms with Crippen LogP contribution in [0.1, 0.15) is 30.5 Å². The van der Waals surface area contributed by atoms with E-state index in [0.29, 0.717) is 18.3 Å². The molecule has 0 aliphatic carbocycles. The van der Waals surface area contributed by atoms with Gasteiger partial charge in [-0.05, 0) is 12.8 Å². The van der Waals surface area contributed by atoms with E-state index in [9.17, 15) is 0 Å². The molecule has 74 valence electrons. The van der Waals surface area contributed by atoms with Gasteiger partial charge in [0, 0.05) is 12.5 Å². The van der Waals surface area contributed by atoms with Gasteiger partial charge in [0.2, 0.25) is 5.89 Å². The van der Waals surface area contributed by atoms with Crippen LogP contribution >= 0.6 is 0 Å². The molecule has 1 aliphatic heterocycles. The molecule has 0 amide bonds. The van der Waals surface area contributed by atoms with Crippen molar-refractivity contribution in [3.05, 3.63) is 11.7 Å². The lowest BCUT2D eigenvalue weighted by atomic mass is 10.0. The fourth-order valence-corrected chi connectivity index (χ4v) is 1.52. The van der Waals surface area contributed by atoms with Crippen molar-refractivity contribution in [3.8, 4) is 6.07 Å². The van der Waals surface area contributed by atoms with Gasteiger partial charge in [-0.15, -0.1) is 0 Å². The molecular weight excluding hydrogens is 182 g/mol. The Hall–Kier alpha value is -1.41. The van der Waals surface area contributed by atoms with Crippen LogP contribution in [0.3, 0.4) is 0 Å². The van der Waals surface area contributed by atoms with E-state index in [2.05, 4.69) is 10.1 Å². The smallest absolute Gasteiger partial charge is 0.240 e. The molecular formula is C9H11N3O2. The van der Waals surface area contributed by atoms with Gasteiger partial charge in [0.05, 0.1) is 12.7 Å². The van der Waals surface area contributed by atoms with Crippen molar-refractivity contribution in [1.82, 2.24) is 10.1 Å². The lowest BCUT2D eigenvalue weighted by molar-refractivity contribution is 0.0773. The molecule has 0 bridgehead atoms. The first-order chi connectivity index (χ1) is 6.90. The summed E-state index contributed by atoms with van der Waals surface area (Å²) in [5.74, 6) is 1.31. The van der Waals surface area contributed by atoms with Gasteiger partial charge in [-0.2, -0.15) is 10.2 Å². The monoisotopic (exact) mass is 193 g/mol. The SMILES string of the molecule is N#CCc1nc(C2CCCOC2)no1. The van der Waals surface area contributed by atoms with Crippen molar-refractivity contribution in [3.63, 3.8) is 0 Å². The quantitative estimate of drug-likeness (QED) is 0.701. The zero-order valence-electron chi connectivity index (χ0n) is 7.77. The second-order valence-electron chi connectivity index (χ2n) is 3.30. The summed E-state index contributed by atoms with van der Waals surface area (Å²) in [6.45, 7) is 1.48. The maximum atomic E-state index is 8.44. The minimum atomic E-state index is 0.181. The van der Waals surface area contributed by atoms with Crippen LogP contribution in [-0.4, -0.2) is 23.4 Å². The van der Waals surface area contributed by atoms with Crippen LogP contribution in [0.4, 0.5) is 0 Å². The van der Waals surface area contributed by atoms with Gasteiger partial charge in [-0.3, -0.25) is 0 Å². The van der Waals surface area contributed by atoms with Crippen molar-refractivity contribution in [2.24, 2.45) is 0 Å². The normalized spacial score (nSPS) is 21.8. The molecule has 0 spiro atoms. The highest BCUT2D eigenvalue weighted by Gasteiger charge is 2.21. The lowest BCUT2D eigenvalue weighted by Crippen LogP contribution is -2.16. The van der Waals surface area contributed by atoms with Crippen molar-refractivity contribution in [1.29, 1.82) is 5.26 Å². The Labute approximate surface area is 81.7 Å². The van der Waals surface area contributed by atoms with Crippen LogP contribution in [0.2, 0.25) is 0 Å². The fourth-order valence-electron chi connectivity index (χ4n) is 1.52. The minimum absolute atomic E-state index is 0.181. The highest BCUT2D eigenvalue weighted by atomic mass is 16.5. The van der Waals surface area contributed by atoms with E-state index in [0.717, 1.165) is 19.4 Å². The Kier molecular flexibility index (Phi) is 2.75. The molecule has 1 aromatic heterocycles. The van der Waals surface area contributed by atoms with Crippen LogP contribution in [-0.2, 0) is 11.2 Å². The second-order valence-corrected chi connectivity index (χ2v) is 3.30. The predicted octanol–water partition coefficient (Wildman–Crippen LogP) is 1.03. The maximum Gasteiger partial charge on any atom is 0.240 e. The summed E-state index contributed by atoms with van der Waals surface area (Å²) in [7, 11) is 0. The maximum absolute atomic E-state index is 8.44. The van der Waals surface area contributed by atoms with E-state index in [4.69, 9.17) is 14.5 Å². The fraction of sp³-hybridized carbons (Fsp3) is 0.667. The zero-order chi connectivity index (χ0) is 9.80.